The van der Waals surface area contributed by atoms with E-state index < -0.39 is 45.7 Å². The van der Waals surface area contributed by atoms with Crippen molar-refractivity contribution in [3.05, 3.63) is 42.5 Å². The lowest BCUT2D eigenvalue weighted by atomic mass is 9.54. The van der Waals surface area contributed by atoms with Gasteiger partial charge in [0.15, 0.2) is 6.61 Å². The zero-order valence-corrected chi connectivity index (χ0v) is 21.2. The number of ketones is 1. The van der Waals surface area contributed by atoms with Crippen molar-refractivity contribution in [2.24, 2.45) is 28.1 Å². The molecule has 0 amide bonds. The minimum absolute atomic E-state index is 0.0290. The molecule has 5 rings (SSSR count). The van der Waals surface area contributed by atoms with Crippen LogP contribution in [0.25, 0.3) is 0 Å². The van der Waals surface area contributed by atoms with Gasteiger partial charge in [0, 0.05) is 23.2 Å². The molecule has 7 atom stereocenters. The van der Waals surface area contributed by atoms with Gasteiger partial charge in [-0.25, -0.2) is 4.79 Å². The Labute approximate surface area is 207 Å². The minimum Gasteiger partial charge on any atom is -0.460 e. The molecule has 7 nitrogen and oxygen atoms in total. The van der Waals surface area contributed by atoms with Crippen LogP contribution in [0, 0.1) is 35.0 Å². The highest BCUT2D eigenvalue weighted by atomic mass is 32.2. The number of carbonyl (C=O) groups is 2. The van der Waals surface area contributed by atoms with Crippen LogP contribution in [-0.2, 0) is 28.6 Å². The first-order valence-corrected chi connectivity index (χ1v) is 13.9. The fourth-order valence-corrected chi connectivity index (χ4v) is 8.26. The second kappa shape index (κ2) is 8.25. The molecule has 4 saturated carbocycles. The first kappa shape index (κ1) is 24.7. The molecule has 1 aromatic carbocycles. The number of aliphatic hydroxyl groups excluding tert-OH is 1. The molecule has 0 aliphatic heterocycles. The average Bonchev–Trinajstić information content (AvgIpc) is 3.47. The smallest absolute Gasteiger partial charge is 0.333 e. The van der Waals surface area contributed by atoms with Crippen LogP contribution in [-0.4, -0.2) is 44.1 Å². The van der Waals surface area contributed by atoms with Crippen molar-refractivity contribution in [2.75, 3.05) is 6.61 Å². The van der Waals surface area contributed by atoms with E-state index in [4.69, 9.17) is 8.92 Å². The number of rotatable bonds is 6. The van der Waals surface area contributed by atoms with Crippen LogP contribution in [0.3, 0.4) is 0 Å². The average molecular weight is 503 g/mol. The quantitative estimate of drug-likeness (QED) is 0.359. The summed E-state index contributed by atoms with van der Waals surface area (Å²) < 4.78 is 36.1. The second-order valence-corrected chi connectivity index (χ2v) is 13.1. The van der Waals surface area contributed by atoms with Gasteiger partial charge in [0.2, 0.25) is 0 Å². The van der Waals surface area contributed by atoms with Crippen LogP contribution in [0.5, 0.6) is 0 Å². The predicted molar refractivity (Wildman–Crippen MR) is 128 cm³/mol. The summed E-state index contributed by atoms with van der Waals surface area (Å²) in [5.41, 5.74) is -0.504. The van der Waals surface area contributed by atoms with E-state index in [1.54, 1.807) is 18.2 Å². The summed E-state index contributed by atoms with van der Waals surface area (Å²) in [6, 6.07) is 6.18. The standard InChI is InChI=1S/C27H34O7S/c1-4-25(3)15-22(34-23(30)16-33-35(31,32)19-7-5-17(2)6-8-19)27-13-18(27)9-11-26(14-21(25)29)12-10-20(28)24(26)27/h4-8,18,21-22,24,29H,1,9-16H2,2-3H3/t18?,21-,22+,24+,25+,26-,27-/m0/s1. The molecule has 4 aliphatic carbocycles. The molecule has 0 aromatic heterocycles. The number of hydrogen-bond acceptors (Lipinski definition) is 7. The lowest BCUT2D eigenvalue weighted by Crippen LogP contribution is -2.54. The van der Waals surface area contributed by atoms with Gasteiger partial charge in [-0.05, 0) is 68.9 Å². The van der Waals surface area contributed by atoms with E-state index in [1.807, 2.05) is 13.8 Å². The summed E-state index contributed by atoms with van der Waals surface area (Å²) in [7, 11) is -4.12. The monoisotopic (exact) mass is 502 g/mol. The van der Waals surface area contributed by atoms with Crippen LogP contribution in [0.4, 0.5) is 0 Å². The lowest BCUT2D eigenvalue weighted by Gasteiger charge is -2.52. The minimum atomic E-state index is -4.12. The molecule has 0 saturated heterocycles. The molecule has 2 bridgehead atoms. The van der Waals surface area contributed by atoms with Gasteiger partial charge in [-0.15, -0.1) is 6.58 Å². The van der Waals surface area contributed by atoms with E-state index in [9.17, 15) is 23.1 Å². The van der Waals surface area contributed by atoms with Gasteiger partial charge in [-0.1, -0.05) is 30.7 Å². The molecule has 8 heteroatoms. The summed E-state index contributed by atoms with van der Waals surface area (Å²) in [6.45, 7) is 6.97. The molecular weight excluding hydrogens is 468 g/mol. The van der Waals surface area contributed by atoms with Crippen LogP contribution >= 0.6 is 0 Å². The van der Waals surface area contributed by atoms with Crippen molar-refractivity contribution >= 4 is 21.9 Å². The molecule has 4 aliphatic rings. The highest BCUT2D eigenvalue weighted by Gasteiger charge is 2.75. The van der Waals surface area contributed by atoms with E-state index in [-0.39, 0.29) is 22.0 Å². The van der Waals surface area contributed by atoms with E-state index in [2.05, 4.69) is 6.58 Å². The lowest BCUT2D eigenvalue weighted by molar-refractivity contribution is -0.173. The van der Waals surface area contributed by atoms with Gasteiger partial charge in [0.1, 0.15) is 11.9 Å². The Morgan fingerprint density at radius 3 is 2.60 bits per heavy atom. The number of benzene rings is 1. The summed E-state index contributed by atoms with van der Waals surface area (Å²) in [5, 5.41) is 11.3. The highest BCUT2D eigenvalue weighted by Crippen LogP contribution is 2.76. The number of aryl methyl sites for hydroxylation is 1. The van der Waals surface area contributed by atoms with E-state index >= 15 is 0 Å². The second-order valence-electron chi connectivity index (χ2n) is 11.5. The summed E-state index contributed by atoms with van der Waals surface area (Å²) >= 11 is 0. The molecule has 190 valence electrons. The Kier molecular flexibility index (Phi) is 5.81. The Morgan fingerprint density at radius 2 is 1.91 bits per heavy atom. The topological polar surface area (TPSA) is 107 Å². The SMILES string of the molecule is C=C[C@]1(C)C[C@@H](OC(=O)COS(=O)(=O)c2ccc(C)cc2)[C@]23CC2CC[C@]2(CCC(=O)[C@H]23)C[C@@H]1O. The molecular formula is C27H34O7S. The van der Waals surface area contributed by atoms with Crippen molar-refractivity contribution < 1.29 is 32.0 Å². The summed E-state index contributed by atoms with van der Waals surface area (Å²) in [5.74, 6) is -0.510. The van der Waals surface area contributed by atoms with Crippen molar-refractivity contribution in [3.8, 4) is 0 Å². The van der Waals surface area contributed by atoms with Crippen LogP contribution in [0.2, 0.25) is 0 Å². The van der Waals surface area contributed by atoms with Crippen LogP contribution < -0.4 is 0 Å². The molecule has 0 heterocycles. The molecule has 35 heavy (non-hydrogen) atoms. The fourth-order valence-electron chi connectivity index (χ4n) is 7.40. The van der Waals surface area contributed by atoms with E-state index in [1.165, 1.54) is 12.1 Å². The number of Topliss-reactive ketones (excluding diaryl/α,β-unsaturated/α-hetero) is 1. The van der Waals surface area contributed by atoms with Gasteiger partial charge in [0.05, 0.1) is 11.0 Å². The predicted octanol–water partition coefficient (Wildman–Crippen LogP) is 3.72. The molecule has 1 spiro atoms. The number of esters is 1. The maximum absolute atomic E-state index is 13.2. The fraction of sp³-hybridized carbons (Fsp3) is 0.630. The first-order valence-electron chi connectivity index (χ1n) is 12.5. The summed E-state index contributed by atoms with van der Waals surface area (Å²) in [6.07, 6.45) is 5.22. The third-order valence-electron chi connectivity index (χ3n) is 9.50. The number of ether oxygens (including phenoxy) is 1. The molecule has 1 aromatic rings. The maximum Gasteiger partial charge on any atom is 0.333 e. The van der Waals surface area contributed by atoms with E-state index in [0.717, 1.165) is 31.2 Å². The van der Waals surface area contributed by atoms with Gasteiger partial charge in [0.25, 0.3) is 10.1 Å². The molecule has 0 radical (unpaired) electrons. The number of hydrogen-bond donors (Lipinski definition) is 1. The Balaban J connectivity index is 1.40. The van der Waals surface area contributed by atoms with Gasteiger partial charge < -0.3 is 9.84 Å². The van der Waals surface area contributed by atoms with Crippen LogP contribution in [0.15, 0.2) is 41.8 Å². The van der Waals surface area contributed by atoms with Crippen LogP contribution in [0.1, 0.15) is 57.4 Å². The Hall–Kier alpha value is -2.03. The number of carbonyl (C=O) groups excluding carboxylic acids is 2. The number of aliphatic hydroxyl groups is 1. The summed E-state index contributed by atoms with van der Waals surface area (Å²) in [4.78, 5) is 26.1. The normalized spacial score (nSPS) is 40.1. The Morgan fingerprint density at radius 1 is 1.20 bits per heavy atom. The zero-order valence-electron chi connectivity index (χ0n) is 20.4. The van der Waals surface area contributed by atoms with Gasteiger partial charge in [-0.3, -0.25) is 8.98 Å². The van der Waals surface area contributed by atoms with Crippen molar-refractivity contribution in [1.29, 1.82) is 0 Å². The molecule has 4 fully saturated rings. The molecule has 1 unspecified atom stereocenters. The van der Waals surface area contributed by atoms with Crippen molar-refractivity contribution in [3.63, 3.8) is 0 Å². The third-order valence-corrected chi connectivity index (χ3v) is 10.8. The maximum atomic E-state index is 13.2. The van der Waals surface area contributed by atoms with Gasteiger partial charge >= 0.3 is 5.97 Å². The van der Waals surface area contributed by atoms with Gasteiger partial charge in [-0.2, -0.15) is 8.42 Å². The van der Waals surface area contributed by atoms with E-state index in [0.29, 0.717) is 25.2 Å². The third kappa shape index (κ3) is 3.89. The largest absolute Gasteiger partial charge is 0.460 e. The highest BCUT2D eigenvalue weighted by molar-refractivity contribution is 7.86. The first-order chi connectivity index (χ1) is 16.5. The Bertz CT molecular complexity index is 1160. The zero-order chi connectivity index (χ0) is 25.2. The van der Waals surface area contributed by atoms with Crippen molar-refractivity contribution in [1.82, 2.24) is 0 Å². The van der Waals surface area contributed by atoms with Crippen molar-refractivity contribution in [2.45, 2.75) is 75.9 Å². The molecule has 1 N–H and O–H groups in total.